The van der Waals surface area contributed by atoms with Crippen LogP contribution < -0.4 is 0 Å². The highest BCUT2D eigenvalue weighted by atomic mass is 32.3. The Balaban J connectivity index is 1.86. The number of rotatable bonds is 8. The highest BCUT2D eigenvalue weighted by Gasteiger charge is 2.53. The van der Waals surface area contributed by atoms with Crippen molar-refractivity contribution in [1.29, 1.82) is 0 Å². The molecular weight excluding hydrogens is 614 g/mol. The van der Waals surface area contributed by atoms with E-state index in [0.29, 0.717) is 36.9 Å². The van der Waals surface area contributed by atoms with Gasteiger partial charge in [0, 0.05) is 14.7 Å². The van der Waals surface area contributed by atoms with E-state index in [9.17, 15) is 21.6 Å². The molecule has 0 aliphatic carbocycles. The van der Waals surface area contributed by atoms with Crippen molar-refractivity contribution >= 4 is 20.4 Å². The van der Waals surface area contributed by atoms with Crippen molar-refractivity contribution in [2.45, 2.75) is 20.2 Å². The first kappa shape index (κ1) is 30.4. The Hall–Kier alpha value is -4.63. The summed E-state index contributed by atoms with van der Waals surface area (Å²) < 4.78 is 75.3. The van der Waals surface area contributed by atoms with Gasteiger partial charge in [0.15, 0.2) is 0 Å². The van der Waals surface area contributed by atoms with Crippen molar-refractivity contribution in [3.8, 4) is 33.4 Å². The van der Waals surface area contributed by atoms with Gasteiger partial charge in [-0.15, -0.1) is 0 Å². The molecule has 6 aromatic carbocycles. The molecule has 0 bridgehead atoms. The van der Waals surface area contributed by atoms with Gasteiger partial charge in [-0.2, -0.15) is 25.2 Å². The molecule has 0 saturated heterocycles. The summed E-state index contributed by atoms with van der Waals surface area (Å²) in [5.74, 6) is 0. The topological polar surface area (TPSA) is 43.4 Å². The summed E-state index contributed by atoms with van der Waals surface area (Å²) in [7, 11) is -9.76. The molecule has 3 nitrogen and oxygen atoms in total. The molecule has 0 heterocycles. The van der Waals surface area contributed by atoms with Gasteiger partial charge < -0.3 is 0 Å². The smallest absolute Gasteiger partial charge is 0.200 e. The molecule has 8 heteroatoms. The molecule has 0 atom stereocenters. The van der Waals surface area contributed by atoms with E-state index in [-0.39, 0.29) is 0 Å². The Kier molecular flexibility index (Phi) is 8.38. The minimum absolute atomic E-state index is 0.297. The Bertz CT molecular complexity index is 1900. The summed E-state index contributed by atoms with van der Waals surface area (Å²) >= 11 is 0. The van der Waals surface area contributed by atoms with Crippen LogP contribution in [0.15, 0.2) is 178 Å². The predicted molar refractivity (Wildman–Crippen MR) is 174 cm³/mol. The van der Waals surface area contributed by atoms with Crippen LogP contribution in [0.5, 0.6) is 0 Å². The minimum atomic E-state index is -6.12. The maximum absolute atomic E-state index is 14.3. The van der Waals surface area contributed by atoms with Gasteiger partial charge in [-0.1, -0.05) is 127 Å². The quantitative estimate of drug-likeness (QED) is 0.156. The first-order valence-electron chi connectivity index (χ1n) is 14.0. The van der Waals surface area contributed by atoms with Gasteiger partial charge in [0.1, 0.15) is 0 Å². The minimum Gasteiger partial charge on any atom is -0.200 e. The molecule has 45 heavy (non-hydrogen) atoms. The summed E-state index contributed by atoms with van der Waals surface area (Å²) in [6.45, 7) is 0. The maximum atomic E-state index is 14.3. The molecular formula is C37H27F3O3S2. The molecule has 0 unspecified atom stereocenters. The van der Waals surface area contributed by atoms with Crippen LogP contribution in [0.2, 0.25) is 0 Å². The average Bonchev–Trinajstić information content (AvgIpc) is 3.08. The molecule has 6 aromatic rings. The lowest BCUT2D eigenvalue weighted by Gasteiger charge is -2.42. The van der Waals surface area contributed by atoms with Gasteiger partial charge in [0.05, 0.1) is 0 Å². The van der Waals surface area contributed by atoms with Gasteiger partial charge in [-0.25, -0.2) is 0 Å². The van der Waals surface area contributed by atoms with Crippen LogP contribution in [0, 0.1) is 0 Å². The first-order valence-corrected chi connectivity index (χ1v) is 17.0. The monoisotopic (exact) mass is 640 g/mol. The Labute approximate surface area is 262 Å². The van der Waals surface area contributed by atoms with Crippen LogP contribution in [0.25, 0.3) is 33.4 Å². The third-order valence-electron chi connectivity index (χ3n) is 7.28. The fourth-order valence-corrected chi connectivity index (χ4v) is 10.4. The van der Waals surface area contributed by atoms with Crippen molar-refractivity contribution in [1.82, 2.24) is 0 Å². The van der Waals surface area contributed by atoms with E-state index in [1.165, 1.54) is 0 Å². The van der Waals surface area contributed by atoms with Gasteiger partial charge in [0.2, 0.25) is 0 Å². The first-order chi connectivity index (χ1) is 21.7. The summed E-state index contributed by atoms with van der Waals surface area (Å²) in [6.07, 6.45) is 0. The van der Waals surface area contributed by atoms with Crippen molar-refractivity contribution in [3.63, 3.8) is 0 Å². The molecule has 226 valence electrons. The van der Waals surface area contributed by atoms with E-state index in [0.717, 1.165) is 11.1 Å². The second-order valence-corrected chi connectivity index (χ2v) is 14.5. The molecule has 6 rings (SSSR count). The van der Waals surface area contributed by atoms with E-state index >= 15 is 0 Å². The molecule has 0 aliphatic heterocycles. The summed E-state index contributed by atoms with van der Waals surface area (Å²) in [4.78, 5) is 0.932. The summed E-state index contributed by atoms with van der Waals surface area (Å²) in [5, 5.41) is 0. The number of alkyl halides is 3. The lowest BCUT2D eigenvalue weighted by molar-refractivity contribution is -0.0496. The molecule has 0 aromatic heterocycles. The second-order valence-electron chi connectivity index (χ2n) is 10.1. The zero-order valence-electron chi connectivity index (χ0n) is 23.8. The summed E-state index contributed by atoms with van der Waals surface area (Å²) in [6, 6.07) is 48.6. The SMILES string of the molecule is O=S(=O)(OS(c1ccccc1)(c1ccccc1)c1c(-c2ccccc2)cc(-c2ccccc2)cc1-c1ccccc1)C(F)(F)F. The number of benzene rings is 6. The van der Waals surface area contributed by atoms with E-state index < -0.39 is 25.9 Å². The number of hydrogen-bond donors (Lipinski definition) is 0. The number of hydrogen-bond acceptors (Lipinski definition) is 3. The van der Waals surface area contributed by atoms with Crippen LogP contribution in [0.1, 0.15) is 0 Å². The van der Waals surface area contributed by atoms with E-state index in [4.69, 9.17) is 3.63 Å². The van der Waals surface area contributed by atoms with E-state index in [1.54, 1.807) is 60.7 Å². The molecule has 0 saturated carbocycles. The van der Waals surface area contributed by atoms with Crippen LogP contribution >= 0.6 is 10.3 Å². The van der Waals surface area contributed by atoms with E-state index in [2.05, 4.69) is 0 Å². The largest absolute Gasteiger partial charge is 0.524 e. The molecule has 0 aliphatic rings. The predicted octanol–water partition coefficient (Wildman–Crippen LogP) is 10.8. The molecule has 0 N–H and O–H groups in total. The van der Waals surface area contributed by atoms with Crippen molar-refractivity contribution in [3.05, 3.63) is 164 Å². The fraction of sp³-hybridized carbons (Fsp3) is 0.0270. The van der Waals surface area contributed by atoms with Crippen molar-refractivity contribution < 1.29 is 25.2 Å². The highest BCUT2D eigenvalue weighted by molar-refractivity contribution is 8.33. The van der Waals surface area contributed by atoms with Crippen LogP contribution in [0.3, 0.4) is 0 Å². The normalized spacial score (nSPS) is 12.5. The highest BCUT2D eigenvalue weighted by Crippen LogP contribution is 2.74. The Morgan fingerprint density at radius 2 is 0.778 bits per heavy atom. The van der Waals surface area contributed by atoms with Crippen LogP contribution in [-0.2, 0) is 13.7 Å². The third-order valence-corrected chi connectivity index (χ3v) is 12.3. The van der Waals surface area contributed by atoms with Crippen LogP contribution in [-0.4, -0.2) is 13.9 Å². The van der Waals surface area contributed by atoms with Gasteiger partial charge in [-0.3, -0.25) is 0 Å². The molecule has 0 amide bonds. The van der Waals surface area contributed by atoms with Gasteiger partial charge >= 0.3 is 15.6 Å². The van der Waals surface area contributed by atoms with Crippen molar-refractivity contribution in [2.24, 2.45) is 0 Å². The lowest BCUT2D eigenvalue weighted by Crippen LogP contribution is -2.28. The van der Waals surface area contributed by atoms with Gasteiger partial charge in [0.25, 0.3) is 0 Å². The van der Waals surface area contributed by atoms with Gasteiger partial charge in [-0.05, 0) is 80.1 Å². The van der Waals surface area contributed by atoms with E-state index in [1.807, 2.05) is 103 Å². The Morgan fingerprint density at radius 1 is 0.444 bits per heavy atom. The average molecular weight is 641 g/mol. The third kappa shape index (κ3) is 5.92. The van der Waals surface area contributed by atoms with Crippen molar-refractivity contribution in [2.75, 3.05) is 0 Å². The maximum Gasteiger partial charge on any atom is 0.524 e. The fourth-order valence-electron chi connectivity index (χ4n) is 5.28. The zero-order chi connectivity index (χ0) is 31.5. The van der Waals surface area contributed by atoms with Crippen LogP contribution in [0.4, 0.5) is 13.2 Å². The number of halogens is 3. The zero-order valence-corrected chi connectivity index (χ0v) is 25.4. The standard InChI is InChI=1S/C37H27F3O3S2/c38-37(39,40)45(41,42)43-44(32-22-12-4-13-23-32,33-24-14-5-15-25-33)36-34(29-18-8-2-9-19-29)26-31(28-16-6-1-7-17-28)27-35(36)30-20-10-3-11-21-30/h1-27H. The molecule has 0 fully saturated rings. The second kappa shape index (κ2) is 12.4. The summed E-state index contributed by atoms with van der Waals surface area (Å²) in [5.41, 5.74) is -1.48. The molecule has 0 radical (unpaired) electrons. The molecule has 0 spiro atoms. The lowest BCUT2D eigenvalue weighted by atomic mass is 9.93. The Morgan fingerprint density at radius 3 is 1.13 bits per heavy atom.